The molecule has 5 nitrogen and oxygen atoms in total. The van der Waals surface area contributed by atoms with Gasteiger partial charge in [0.15, 0.2) is 11.6 Å². The maximum Gasteiger partial charge on any atom is 0.238 e. The lowest BCUT2D eigenvalue weighted by molar-refractivity contribution is 0.234. The summed E-state index contributed by atoms with van der Waals surface area (Å²) >= 11 is 0. The first-order valence-corrected chi connectivity index (χ1v) is 22.8. The molecule has 11 aromatic rings. The number of nitrogens with zero attached hydrogens (tertiary/aromatic N) is 5. The molecule has 0 saturated heterocycles. The van der Waals surface area contributed by atoms with Crippen LogP contribution in [0, 0.1) is 5.92 Å². The van der Waals surface area contributed by atoms with Crippen LogP contribution in [0.3, 0.4) is 0 Å². The molecule has 0 radical (unpaired) electrons. The van der Waals surface area contributed by atoms with Gasteiger partial charge in [-0.3, -0.25) is 4.57 Å². The van der Waals surface area contributed by atoms with Crippen molar-refractivity contribution >= 4 is 43.6 Å². The normalized spacial score (nSPS) is 15.5. The topological polar surface area (TPSA) is 48.5 Å². The number of rotatable bonds is 6. The van der Waals surface area contributed by atoms with Gasteiger partial charge in [0, 0.05) is 38.4 Å². The van der Waals surface area contributed by atoms with Crippen LogP contribution in [0.2, 0.25) is 0 Å². The van der Waals surface area contributed by atoms with Crippen molar-refractivity contribution in [3.63, 3.8) is 0 Å². The van der Waals surface area contributed by atoms with Gasteiger partial charge in [-0.05, 0) is 92.9 Å². The molecule has 314 valence electrons. The van der Waals surface area contributed by atoms with Crippen LogP contribution in [0.4, 0.5) is 0 Å². The van der Waals surface area contributed by atoms with Crippen LogP contribution < -0.4 is 0 Å². The van der Waals surface area contributed by atoms with E-state index in [2.05, 4.69) is 208 Å². The van der Waals surface area contributed by atoms with E-state index in [-0.39, 0.29) is 10.8 Å². The highest BCUT2D eigenvalue weighted by Gasteiger charge is 2.43. The molecule has 12 rings (SSSR count). The van der Waals surface area contributed by atoms with Crippen LogP contribution in [0.15, 0.2) is 188 Å². The van der Waals surface area contributed by atoms with Crippen molar-refractivity contribution in [1.82, 2.24) is 24.1 Å². The minimum atomic E-state index is 0.0738. The minimum absolute atomic E-state index is 0.0738. The Morgan fingerprint density at radius 3 is 1.58 bits per heavy atom. The zero-order valence-corrected chi connectivity index (χ0v) is 37.4. The average Bonchev–Trinajstić information content (AvgIpc) is 3.85. The fourth-order valence-electron chi connectivity index (χ4n) is 10.9. The summed E-state index contributed by atoms with van der Waals surface area (Å²) in [4.78, 5) is 15.7. The summed E-state index contributed by atoms with van der Waals surface area (Å²) in [7, 11) is 0. The summed E-state index contributed by atoms with van der Waals surface area (Å²) < 4.78 is 4.65. The molecule has 8 aromatic carbocycles. The zero-order valence-electron chi connectivity index (χ0n) is 37.4. The lowest BCUT2D eigenvalue weighted by Gasteiger charge is -2.47. The van der Waals surface area contributed by atoms with Crippen molar-refractivity contribution in [2.24, 2.45) is 5.92 Å². The van der Waals surface area contributed by atoms with Crippen molar-refractivity contribution in [3.05, 3.63) is 199 Å². The molecule has 1 aliphatic rings. The predicted molar refractivity (Wildman–Crippen MR) is 270 cm³/mol. The van der Waals surface area contributed by atoms with Crippen molar-refractivity contribution in [2.75, 3.05) is 0 Å². The third-order valence-corrected chi connectivity index (χ3v) is 14.5. The molecular formula is C60H49N5. The van der Waals surface area contributed by atoms with Gasteiger partial charge in [0.2, 0.25) is 5.95 Å². The molecule has 0 fully saturated rings. The summed E-state index contributed by atoms with van der Waals surface area (Å²) in [6.07, 6.45) is 1.16. The van der Waals surface area contributed by atoms with Crippen LogP contribution in [0.1, 0.15) is 52.2 Å². The van der Waals surface area contributed by atoms with E-state index in [1.807, 2.05) is 24.3 Å². The lowest BCUT2D eigenvalue weighted by atomic mass is 9.57. The Hall–Kier alpha value is -7.63. The van der Waals surface area contributed by atoms with Gasteiger partial charge in [-0.1, -0.05) is 186 Å². The van der Waals surface area contributed by atoms with E-state index in [1.54, 1.807) is 0 Å². The maximum atomic E-state index is 5.30. The molecule has 3 aromatic heterocycles. The SMILES string of the molecule is CC1CC(C)(C)c2c(-c3ccc(-n4c5ccccc5c5cc6c7ccccc7n(-c7nc(-c8ccccc8)nc(-c8ccc(-c9ccccc9)cc8)n7)c6cc54)cc3)cccc2C1(C)C. The number of hydrogen-bond acceptors (Lipinski definition) is 3. The Kier molecular flexibility index (Phi) is 8.83. The number of benzene rings is 8. The van der Waals surface area contributed by atoms with Crippen molar-refractivity contribution in [2.45, 2.75) is 51.9 Å². The Balaban J connectivity index is 1.05. The quantitative estimate of drug-likeness (QED) is 0.168. The third kappa shape index (κ3) is 6.24. The zero-order chi connectivity index (χ0) is 44.0. The first-order chi connectivity index (χ1) is 31.6. The molecule has 0 bridgehead atoms. The molecule has 65 heavy (non-hydrogen) atoms. The van der Waals surface area contributed by atoms with Crippen LogP contribution in [-0.4, -0.2) is 24.1 Å². The van der Waals surface area contributed by atoms with E-state index in [0.717, 1.165) is 56.1 Å². The monoisotopic (exact) mass is 839 g/mol. The molecule has 0 spiro atoms. The second-order valence-electron chi connectivity index (χ2n) is 19.2. The summed E-state index contributed by atoms with van der Waals surface area (Å²) in [5.74, 6) is 2.42. The number of hydrogen-bond donors (Lipinski definition) is 0. The van der Waals surface area contributed by atoms with E-state index < -0.39 is 0 Å². The highest BCUT2D eigenvalue weighted by atomic mass is 15.2. The molecular weight excluding hydrogens is 791 g/mol. The summed E-state index contributed by atoms with van der Waals surface area (Å²) in [5.41, 5.74) is 15.4. The van der Waals surface area contributed by atoms with Gasteiger partial charge in [0.25, 0.3) is 0 Å². The number of fused-ring (bicyclic) bond motifs is 7. The molecule has 3 heterocycles. The van der Waals surface area contributed by atoms with Crippen LogP contribution in [-0.2, 0) is 10.8 Å². The predicted octanol–water partition coefficient (Wildman–Crippen LogP) is 15.3. The standard InChI is InChI=1S/C60H49N5/c1-38-37-59(2,3)55-45(23-16-24-50(55)60(38,4)5)41-31-33-44(34-32-41)64-51-25-14-12-21-46(51)48-35-49-47-22-13-15-26-52(47)65(54(49)36-53(48)64)58-62-56(42-19-10-7-11-20-42)61-57(63-58)43-29-27-40(28-30-43)39-17-8-6-9-18-39/h6-36,38H,37H2,1-5H3. The van der Waals surface area contributed by atoms with Crippen molar-refractivity contribution < 1.29 is 0 Å². The fourth-order valence-corrected chi connectivity index (χ4v) is 10.9. The Labute approximate surface area is 379 Å². The molecule has 1 unspecified atom stereocenters. The van der Waals surface area contributed by atoms with Gasteiger partial charge >= 0.3 is 0 Å². The van der Waals surface area contributed by atoms with E-state index in [0.29, 0.717) is 23.5 Å². The molecule has 1 aliphatic carbocycles. The summed E-state index contributed by atoms with van der Waals surface area (Å²) in [6, 6.07) is 67.5. The van der Waals surface area contributed by atoms with E-state index in [1.165, 1.54) is 44.1 Å². The highest BCUT2D eigenvalue weighted by molar-refractivity contribution is 6.19. The lowest BCUT2D eigenvalue weighted by Crippen LogP contribution is -2.40. The average molecular weight is 840 g/mol. The van der Waals surface area contributed by atoms with E-state index in [9.17, 15) is 0 Å². The van der Waals surface area contributed by atoms with Gasteiger partial charge < -0.3 is 4.57 Å². The van der Waals surface area contributed by atoms with Gasteiger partial charge in [-0.25, -0.2) is 4.98 Å². The smallest absolute Gasteiger partial charge is 0.238 e. The van der Waals surface area contributed by atoms with Crippen LogP contribution in [0.5, 0.6) is 0 Å². The van der Waals surface area contributed by atoms with E-state index >= 15 is 0 Å². The molecule has 0 aliphatic heterocycles. The number of para-hydroxylation sites is 2. The molecule has 0 saturated carbocycles. The highest BCUT2D eigenvalue weighted by Crippen LogP contribution is 2.52. The third-order valence-electron chi connectivity index (χ3n) is 14.5. The maximum absolute atomic E-state index is 5.30. The second kappa shape index (κ2) is 14.7. The molecule has 0 amide bonds. The Morgan fingerprint density at radius 2 is 0.938 bits per heavy atom. The Morgan fingerprint density at radius 1 is 0.431 bits per heavy atom. The fraction of sp³-hybridized carbons (Fsp3) is 0.150. The second-order valence-corrected chi connectivity index (χ2v) is 19.2. The van der Waals surface area contributed by atoms with Gasteiger partial charge in [-0.2, -0.15) is 9.97 Å². The van der Waals surface area contributed by atoms with Crippen molar-refractivity contribution in [3.8, 4) is 56.7 Å². The molecule has 1 atom stereocenters. The van der Waals surface area contributed by atoms with E-state index in [4.69, 9.17) is 15.0 Å². The molecule has 0 N–H and O–H groups in total. The minimum Gasteiger partial charge on any atom is -0.309 e. The Bertz CT molecular complexity index is 3610. The first kappa shape index (κ1) is 39.0. The van der Waals surface area contributed by atoms with Gasteiger partial charge in [0.1, 0.15) is 0 Å². The molecule has 5 heteroatoms. The van der Waals surface area contributed by atoms with Crippen molar-refractivity contribution in [1.29, 1.82) is 0 Å². The largest absolute Gasteiger partial charge is 0.309 e. The number of aromatic nitrogens is 5. The van der Waals surface area contributed by atoms with Gasteiger partial charge in [0.05, 0.1) is 22.1 Å². The van der Waals surface area contributed by atoms with Gasteiger partial charge in [-0.15, -0.1) is 0 Å². The summed E-state index contributed by atoms with van der Waals surface area (Å²) in [6.45, 7) is 12.1. The van der Waals surface area contributed by atoms with Crippen LogP contribution in [0.25, 0.3) is 100 Å². The first-order valence-electron chi connectivity index (χ1n) is 22.8. The summed E-state index contributed by atoms with van der Waals surface area (Å²) in [5, 5.41) is 4.71. The van der Waals surface area contributed by atoms with Crippen LogP contribution >= 0.6 is 0 Å².